The van der Waals surface area contributed by atoms with Gasteiger partial charge >= 0.3 is 35.8 Å². The highest BCUT2D eigenvalue weighted by Gasteiger charge is 2.67. The van der Waals surface area contributed by atoms with Gasteiger partial charge in [-0.2, -0.15) is 0 Å². The van der Waals surface area contributed by atoms with E-state index >= 15 is 0 Å². The van der Waals surface area contributed by atoms with E-state index in [1.807, 2.05) is 0 Å². The van der Waals surface area contributed by atoms with Gasteiger partial charge in [0.15, 0.2) is 0 Å². The number of hydrogen-bond acceptors (Lipinski definition) is 6. The quantitative estimate of drug-likeness (QED) is 0.151. The minimum absolute atomic E-state index is 0. The molecule has 0 radical (unpaired) electrons. The number of carbonyl (C=O) groups is 6. The molecule has 0 amide bonds. The van der Waals surface area contributed by atoms with Crippen molar-refractivity contribution in [1.82, 2.24) is 0 Å². The molecule has 1 rings (SSSR count). The molecule has 258 valence electrons. The lowest BCUT2D eigenvalue weighted by atomic mass is 9.47. The molecule has 0 saturated heterocycles. The summed E-state index contributed by atoms with van der Waals surface area (Å²) in [4.78, 5) is 71.6. The van der Waals surface area contributed by atoms with Gasteiger partial charge in [-0.1, -0.05) is 49.0 Å². The van der Waals surface area contributed by atoms with Crippen molar-refractivity contribution in [2.75, 3.05) is 0 Å². The van der Waals surface area contributed by atoms with E-state index in [9.17, 15) is 49.2 Å². The molecule has 1 aliphatic rings. The van der Waals surface area contributed by atoms with Gasteiger partial charge in [-0.3, -0.25) is 28.8 Å². The van der Waals surface area contributed by atoms with Crippen LogP contribution in [0.25, 0.3) is 0 Å². The van der Waals surface area contributed by atoms with Crippen LogP contribution in [0.3, 0.4) is 0 Å². The van der Waals surface area contributed by atoms with Gasteiger partial charge in [0.05, 0.1) is 32.5 Å². The Morgan fingerprint density at radius 1 is 0.477 bits per heavy atom. The lowest BCUT2D eigenvalue weighted by Crippen LogP contribution is -2.59. The lowest BCUT2D eigenvalue weighted by Gasteiger charge is -2.53. The van der Waals surface area contributed by atoms with Gasteiger partial charge in [-0.05, 0) is 78.1 Å². The van der Waals surface area contributed by atoms with Gasteiger partial charge in [-0.15, -0.1) is 0 Å². The third kappa shape index (κ3) is 6.57. The van der Waals surface area contributed by atoms with E-state index in [1.54, 1.807) is 41.5 Å². The van der Waals surface area contributed by atoms with Gasteiger partial charge < -0.3 is 36.1 Å². The molecule has 8 N–H and O–H groups in total. The Morgan fingerprint density at radius 2 is 0.636 bits per heavy atom. The molecule has 0 aromatic heterocycles. The molecule has 0 aliphatic heterocycles. The van der Waals surface area contributed by atoms with Crippen LogP contribution in [0, 0.1) is 32.5 Å². The van der Waals surface area contributed by atoms with E-state index in [1.165, 1.54) is 13.8 Å². The van der Waals surface area contributed by atoms with Gasteiger partial charge in [0.1, 0.15) is 0 Å². The summed E-state index contributed by atoms with van der Waals surface area (Å²) < 4.78 is 0. The van der Waals surface area contributed by atoms with E-state index < -0.39 is 68.3 Å². The maximum Gasteiger partial charge on any atom is 0.310 e. The highest BCUT2D eigenvalue weighted by atomic mass is 16.4. The normalized spacial score (nSPS) is 29.2. The number of rotatable bonds is 13. The molecule has 1 aliphatic carbocycles. The van der Waals surface area contributed by atoms with E-state index in [0.29, 0.717) is 12.8 Å². The van der Waals surface area contributed by atoms with E-state index in [4.69, 9.17) is 10.2 Å². The first-order valence-electron chi connectivity index (χ1n) is 14.6. The van der Waals surface area contributed by atoms with Crippen molar-refractivity contribution >= 4 is 35.8 Å². The second-order valence-electron chi connectivity index (χ2n) is 11.9. The molecule has 0 spiro atoms. The van der Waals surface area contributed by atoms with E-state index in [0.717, 1.165) is 0 Å². The lowest BCUT2D eigenvalue weighted by molar-refractivity contribution is -0.194. The molecule has 1 fully saturated rings. The number of carboxylic acids is 6. The molecule has 0 aromatic carbocycles. The second-order valence-corrected chi connectivity index (χ2v) is 11.9. The van der Waals surface area contributed by atoms with Gasteiger partial charge in [0.25, 0.3) is 0 Å². The third-order valence-electron chi connectivity index (χ3n) is 11.4. The molecular formula is C31H56O13. The predicted octanol–water partition coefficient (Wildman–Crippen LogP) is 5.28. The zero-order chi connectivity index (χ0) is 33.5. The summed E-state index contributed by atoms with van der Waals surface area (Å²) in [5.41, 5.74) is -9.09. The maximum absolute atomic E-state index is 12.4. The highest BCUT2D eigenvalue weighted by Crippen LogP contribution is 2.62. The van der Waals surface area contributed by atoms with Crippen molar-refractivity contribution in [2.45, 2.75) is 127 Å². The molecule has 6 unspecified atom stereocenters. The average molecular weight is 637 g/mol. The minimum atomic E-state index is -1.66. The molecule has 13 nitrogen and oxygen atoms in total. The Bertz CT molecular complexity index is 919. The highest BCUT2D eigenvalue weighted by molar-refractivity contribution is 5.89. The smallest absolute Gasteiger partial charge is 0.310 e. The largest absolute Gasteiger partial charge is 0.481 e. The summed E-state index contributed by atoms with van der Waals surface area (Å²) in [6.07, 6.45) is -0.104. The molecule has 13 heteroatoms. The summed E-state index contributed by atoms with van der Waals surface area (Å²) in [5.74, 6) is -7.18. The number of aliphatic carboxylic acids is 6. The Labute approximate surface area is 260 Å². The second kappa shape index (κ2) is 16.2. The first-order valence-corrected chi connectivity index (χ1v) is 14.6. The van der Waals surface area contributed by atoms with Crippen molar-refractivity contribution in [3.63, 3.8) is 0 Å². The van der Waals surface area contributed by atoms with Crippen molar-refractivity contribution in [2.24, 2.45) is 32.5 Å². The van der Waals surface area contributed by atoms with Crippen LogP contribution in [0.1, 0.15) is 127 Å². The summed E-state index contributed by atoms with van der Waals surface area (Å²) >= 11 is 0. The van der Waals surface area contributed by atoms with Crippen LogP contribution in [-0.4, -0.2) is 71.9 Å². The zero-order valence-electron chi connectivity index (χ0n) is 26.7. The molecule has 0 heterocycles. The summed E-state index contributed by atoms with van der Waals surface area (Å²) in [7, 11) is 0. The van der Waals surface area contributed by atoms with Crippen LogP contribution in [0.15, 0.2) is 0 Å². The summed E-state index contributed by atoms with van der Waals surface area (Å²) in [6.45, 7) is 12.8. The Kier molecular flexibility index (Phi) is 16.6. The fourth-order valence-corrected chi connectivity index (χ4v) is 7.28. The standard InChI is InChI=1S/C20H32O8.C10H18O4.CH4.H2O/c1-5-17(13(21)22)9-10-19(7-3,15(25)26)20(8-4,16(27)28)12-11-18(17,6-2)14(23)24;1-5-9(3,7(11)12)10(4,6-2)8(13)14;;/h5-12H2,1-4H3,(H,21,22)(H,23,24)(H,25,26)(H,27,28);5-6H2,1-4H3,(H,11,12)(H,13,14);1H4;1H2. The van der Waals surface area contributed by atoms with Gasteiger partial charge in [-0.25, -0.2) is 0 Å². The van der Waals surface area contributed by atoms with Crippen LogP contribution < -0.4 is 0 Å². The Morgan fingerprint density at radius 3 is 0.705 bits per heavy atom. The van der Waals surface area contributed by atoms with Crippen LogP contribution in [0.5, 0.6) is 0 Å². The molecule has 6 atom stereocenters. The molecule has 0 aromatic rings. The fraction of sp³-hybridized carbons (Fsp3) is 0.806. The monoisotopic (exact) mass is 636 g/mol. The van der Waals surface area contributed by atoms with Crippen LogP contribution in [0.2, 0.25) is 0 Å². The molecule has 44 heavy (non-hydrogen) atoms. The van der Waals surface area contributed by atoms with Crippen LogP contribution in [0.4, 0.5) is 0 Å². The Balaban J connectivity index is -0.000000895. The van der Waals surface area contributed by atoms with Gasteiger partial charge in [0.2, 0.25) is 0 Å². The number of carboxylic acid groups (broad SMARTS) is 6. The van der Waals surface area contributed by atoms with Gasteiger partial charge in [0, 0.05) is 0 Å². The van der Waals surface area contributed by atoms with Crippen molar-refractivity contribution in [3.8, 4) is 0 Å². The average Bonchev–Trinajstić information content (AvgIpc) is 2.92. The zero-order valence-corrected chi connectivity index (χ0v) is 26.7. The molecule has 1 saturated carbocycles. The Hall–Kier alpha value is -3.22. The first kappa shape index (κ1) is 45.2. The fourth-order valence-electron chi connectivity index (χ4n) is 7.28. The summed E-state index contributed by atoms with van der Waals surface area (Å²) in [6, 6.07) is 0. The van der Waals surface area contributed by atoms with Crippen molar-refractivity contribution < 1.29 is 64.9 Å². The van der Waals surface area contributed by atoms with Crippen molar-refractivity contribution in [3.05, 3.63) is 0 Å². The van der Waals surface area contributed by atoms with Crippen LogP contribution in [-0.2, 0) is 28.8 Å². The molecule has 0 bridgehead atoms. The minimum Gasteiger partial charge on any atom is -0.481 e. The summed E-state index contributed by atoms with van der Waals surface area (Å²) in [5, 5.41) is 58.5. The topological polar surface area (TPSA) is 255 Å². The van der Waals surface area contributed by atoms with E-state index in [-0.39, 0.29) is 64.3 Å². The van der Waals surface area contributed by atoms with Crippen LogP contribution >= 0.6 is 0 Å². The predicted molar refractivity (Wildman–Crippen MR) is 162 cm³/mol. The first-order chi connectivity index (χ1) is 19.2. The van der Waals surface area contributed by atoms with Crippen molar-refractivity contribution in [1.29, 1.82) is 0 Å². The van der Waals surface area contributed by atoms with E-state index in [2.05, 4.69) is 0 Å². The molecular weight excluding hydrogens is 580 g/mol. The maximum atomic E-state index is 12.4. The SMILES string of the molecule is C.CCC(C)(C(=O)O)C(C)(CC)C(=O)O.CCC1(C(=O)O)CCC(CC)(C(=O)O)C(CC)(C(=O)O)CCC1(CC)C(=O)O.O. The third-order valence-corrected chi connectivity index (χ3v) is 11.4. The number of hydrogen-bond donors (Lipinski definition) is 6.